The molecule has 0 radical (unpaired) electrons. The van der Waals surface area contributed by atoms with E-state index in [1.807, 2.05) is 18.0 Å². The zero-order valence-electron chi connectivity index (χ0n) is 9.57. The van der Waals surface area contributed by atoms with Crippen LogP contribution in [0.15, 0.2) is 35.1 Å². The second kappa shape index (κ2) is 5.63. The number of rotatable bonds is 3. The lowest BCUT2D eigenvalue weighted by Gasteiger charge is -2.19. The zero-order chi connectivity index (χ0) is 13.1. The third kappa shape index (κ3) is 2.97. The summed E-state index contributed by atoms with van der Waals surface area (Å²) in [6, 6.07) is 6.45. The van der Waals surface area contributed by atoms with E-state index in [0.717, 1.165) is 5.56 Å². The number of hydrogen-bond donors (Lipinski definition) is 0. The molecule has 0 aliphatic carbocycles. The van der Waals surface area contributed by atoms with Crippen LogP contribution in [-0.2, 0) is 6.54 Å². The molecule has 0 unspecified atom stereocenters. The van der Waals surface area contributed by atoms with Gasteiger partial charge in [-0.2, -0.15) is 0 Å². The molecular weight excluding hydrogens is 321 g/mol. The van der Waals surface area contributed by atoms with E-state index in [0.29, 0.717) is 22.0 Å². The molecule has 0 N–H and O–H groups in total. The van der Waals surface area contributed by atoms with Crippen molar-refractivity contribution in [3.05, 3.63) is 51.6 Å². The van der Waals surface area contributed by atoms with Crippen molar-refractivity contribution < 1.29 is 4.39 Å². The topological polar surface area (TPSA) is 29.0 Å². The molecule has 2 aromatic rings. The summed E-state index contributed by atoms with van der Waals surface area (Å²) in [6.45, 7) is 0.531. The predicted molar refractivity (Wildman–Crippen MR) is 73.2 cm³/mol. The summed E-state index contributed by atoms with van der Waals surface area (Å²) in [7, 11) is 1.86. The van der Waals surface area contributed by atoms with Gasteiger partial charge in [-0.3, -0.25) is 0 Å². The van der Waals surface area contributed by atoms with Gasteiger partial charge in [0.2, 0.25) is 0 Å². The first-order chi connectivity index (χ1) is 8.58. The predicted octanol–water partition coefficient (Wildman–Crippen LogP) is 3.67. The Morgan fingerprint density at radius 1 is 1.39 bits per heavy atom. The van der Waals surface area contributed by atoms with Crippen molar-refractivity contribution in [1.29, 1.82) is 0 Å². The molecule has 1 heterocycles. The number of halogens is 3. The van der Waals surface area contributed by atoms with Crippen molar-refractivity contribution in [3.63, 3.8) is 0 Å². The third-order valence-corrected chi connectivity index (χ3v) is 3.64. The maximum atomic E-state index is 13.1. The zero-order valence-corrected chi connectivity index (χ0v) is 11.9. The van der Waals surface area contributed by atoms with Crippen LogP contribution in [0.1, 0.15) is 5.56 Å². The van der Waals surface area contributed by atoms with Crippen LogP contribution in [0.5, 0.6) is 0 Å². The Bertz CT molecular complexity index is 565. The van der Waals surface area contributed by atoms with Crippen molar-refractivity contribution in [2.24, 2.45) is 0 Å². The minimum atomic E-state index is -0.249. The summed E-state index contributed by atoms with van der Waals surface area (Å²) in [5.41, 5.74) is 0.860. The summed E-state index contributed by atoms with van der Waals surface area (Å²) < 4.78 is 13.7. The van der Waals surface area contributed by atoms with Crippen molar-refractivity contribution in [2.45, 2.75) is 6.54 Å². The van der Waals surface area contributed by atoms with E-state index in [4.69, 9.17) is 11.6 Å². The third-order valence-electron chi connectivity index (χ3n) is 2.40. The first kappa shape index (κ1) is 13.2. The van der Waals surface area contributed by atoms with Gasteiger partial charge in [-0.1, -0.05) is 23.7 Å². The minimum Gasteiger partial charge on any atom is -0.354 e. The molecule has 1 aromatic heterocycles. The maximum Gasteiger partial charge on any atom is 0.148 e. The second-order valence-electron chi connectivity index (χ2n) is 3.79. The van der Waals surface area contributed by atoms with Crippen molar-refractivity contribution in [2.75, 3.05) is 11.9 Å². The van der Waals surface area contributed by atoms with E-state index in [-0.39, 0.29) is 5.82 Å². The summed E-state index contributed by atoms with van der Waals surface area (Å²) in [5, 5.41) is 0.353. The molecule has 0 aliphatic heterocycles. The van der Waals surface area contributed by atoms with Crippen LogP contribution < -0.4 is 4.90 Å². The molecule has 0 saturated heterocycles. The van der Waals surface area contributed by atoms with Crippen LogP contribution in [0.2, 0.25) is 5.15 Å². The fourth-order valence-electron chi connectivity index (χ4n) is 1.59. The number of nitrogens with zero attached hydrogens (tertiary/aromatic N) is 3. The SMILES string of the molecule is CN(Cc1cccc(F)c1)c1ncnc(Cl)c1Br. The van der Waals surface area contributed by atoms with Crippen molar-refractivity contribution in [1.82, 2.24) is 9.97 Å². The largest absolute Gasteiger partial charge is 0.354 e. The number of aromatic nitrogens is 2. The molecule has 0 amide bonds. The highest BCUT2D eigenvalue weighted by atomic mass is 79.9. The van der Waals surface area contributed by atoms with E-state index >= 15 is 0 Å². The first-order valence-corrected chi connectivity index (χ1v) is 6.36. The summed E-state index contributed by atoms with van der Waals surface area (Å²) >= 11 is 9.24. The Morgan fingerprint density at radius 3 is 2.89 bits per heavy atom. The molecular formula is C12H10BrClFN3. The Labute approximate surface area is 118 Å². The van der Waals surface area contributed by atoms with Crippen LogP contribution in [0.4, 0.5) is 10.2 Å². The molecule has 3 nitrogen and oxygen atoms in total. The number of benzene rings is 1. The lowest BCUT2D eigenvalue weighted by atomic mass is 10.2. The standard InChI is InChI=1S/C12H10BrClFN3/c1-18(6-8-3-2-4-9(15)5-8)12-10(13)11(14)16-7-17-12/h2-5,7H,6H2,1H3. The average Bonchev–Trinajstić information content (AvgIpc) is 2.32. The second-order valence-corrected chi connectivity index (χ2v) is 4.94. The smallest absolute Gasteiger partial charge is 0.148 e. The Hall–Kier alpha value is -1.20. The summed E-state index contributed by atoms with van der Waals surface area (Å²) in [5.74, 6) is 0.417. The van der Waals surface area contributed by atoms with Crippen molar-refractivity contribution in [3.8, 4) is 0 Å². The first-order valence-electron chi connectivity index (χ1n) is 5.19. The van der Waals surface area contributed by atoms with Gasteiger partial charge in [-0.15, -0.1) is 0 Å². The normalized spacial score (nSPS) is 10.4. The molecule has 0 aliphatic rings. The van der Waals surface area contributed by atoms with Gasteiger partial charge in [0.15, 0.2) is 0 Å². The highest BCUT2D eigenvalue weighted by Gasteiger charge is 2.11. The van der Waals surface area contributed by atoms with Gasteiger partial charge in [0.25, 0.3) is 0 Å². The van der Waals surface area contributed by atoms with Crippen LogP contribution in [0.3, 0.4) is 0 Å². The number of anilines is 1. The van der Waals surface area contributed by atoms with Gasteiger partial charge in [0.1, 0.15) is 23.1 Å². The lowest BCUT2D eigenvalue weighted by Crippen LogP contribution is -2.18. The molecule has 0 spiro atoms. The van der Waals surface area contributed by atoms with Gasteiger partial charge in [0.05, 0.1) is 4.47 Å². The van der Waals surface area contributed by atoms with Gasteiger partial charge in [0, 0.05) is 13.6 Å². The van der Waals surface area contributed by atoms with Gasteiger partial charge >= 0.3 is 0 Å². The molecule has 6 heteroatoms. The van der Waals surface area contributed by atoms with E-state index in [2.05, 4.69) is 25.9 Å². The van der Waals surface area contributed by atoms with E-state index in [9.17, 15) is 4.39 Å². The molecule has 2 rings (SSSR count). The number of hydrogen-bond acceptors (Lipinski definition) is 3. The van der Waals surface area contributed by atoms with Crippen LogP contribution in [0, 0.1) is 5.82 Å². The summed E-state index contributed by atoms with van der Waals surface area (Å²) in [4.78, 5) is 9.88. The monoisotopic (exact) mass is 329 g/mol. The Morgan fingerprint density at radius 2 is 2.17 bits per heavy atom. The van der Waals surface area contributed by atoms with Crippen LogP contribution in [0.25, 0.3) is 0 Å². The summed E-state index contributed by atoms with van der Waals surface area (Å²) in [6.07, 6.45) is 1.39. The molecule has 0 saturated carbocycles. The molecule has 0 atom stereocenters. The van der Waals surface area contributed by atoms with E-state index in [1.165, 1.54) is 18.5 Å². The fourth-order valence-corrected chi connectivity index (χ4v) is 2.23. The molecule has 18 heavy (non-hydrogen) atoms. The minimum absolute atomic E-state index is 0.249. The molecule has 1 aromatic carbocycles. The molecule has 0 bridgehead atoms. The Kier molecular flexibility index (Phi) is 4.14. The average molecular weight is 331 g/mol. The lowest BCUT2D eigenvalue weighted by molar-refractivity contribution is 0.625. The highest BCUT2D eigenvalue weighted by molar-refractivity contribution is 9.10. The highest BCUT2D eigenvalue weighted by Crippen LogP contribution is 2.29. The maximum absolute atomic E-state index is 13.1. The fraction of sp³-hybridized carbons (Fsp3) is 0.167. The molecule has 0 fully saturated rings. The van der Waals surface area contributed by atoms with Crippen LogP contribution >= 0.6 is 27.5 Å². The van der Waals surface area contributed by atoms with E-state index < -0.39 is 0 Å². The quantitative estimate of drug-likeness (QED) is 0.804. The molecule has 94 valence electrons. The van der Waals surface area contributed by atoms with Gasteiger partial charge < -0.3 is 4.90 Å². The Balaban J connectivity index is 2.22. The van der Waals surface area contributed by atoms with Gasteiger partial charge in [-0.25, -0.2) is 14.4 Å². The van der Waals surface area contributed by atoms with Crippen LogP contribution in [-0.4, -0.2) is 17.0 Å². The van der Waals surface area contributed by atoms with Gasteiger partial charge in [-0.05, 0) is 33.6 Å². The van der Waals surface area contributed by atoms with E-state index in [1.54, 1.807) is 6.07 Å². The van der Waals surface area contributed by atoms with Crippen molar-refractivity contribution >= 4 is 33.3 Å².